The van der Waals surface area contributed by atoms with Crippen molar-refractivity contribution in [1.82, 2.24) is 10.2 Å². The van der Waals surface area contributed by atoms with Gasteiger partial charge >= 0.3 is 0 Å². The minimum Gasteiger partial charge on any atom is -0.325 e. The third-order valence-corrected chi connectivity index (χ3v) is 6.60. The van der Waals surface area contributed by atoms with Crippen molar-refractivity contribution in [2.75, 3.05) is 11.1 Å². The first-order valence-electron chi connectivity index (χ1n) is 7.50. The molecule has 0 spiro atoms. The van der Waals surface area contributed by atoms with Crippen molar-refractivity contribution in [3.63, 3.8) is 0 Å². The summed E-state index contributed by atoms with van der Waals surface area (Å²) < 4.78 is 1.71. The van der Waals surface area contributed by atoms with Crippen molar-refractivity contribution >= 4 is 46.5 Å². The van der Waals surface area contributed by atoms with E-state index in [4.69, 9.17) is 0 Å². The first-order chi connectivity index (χ1) is 11.3. The molecule has 7 heteroatoms. The Kier molecular flexibility index (Phi) is 6.89. The van der Waals surface area contributed by atoms with Gasteiger partial charge in [-0.15, -0.1) is 10.2 Å². The number of aromatic nitrogens is 2. The lowest BCUT2D eigenvalue weighted by atomic mass is 10.1. The van der Waals surface area contributed by atoms with E-state index in [9.17, 15) is 4.79 Å². The van der Waals surface area contributed by atoms with Gasteiger partial charge in [0.25, 0.3) is 0 Å². The van der Waals surface area contributed by atoms with Crippen LogP contribution in [-0.4, -0.2) is 27.1 Å². The van der Waals surface area contributed by atoms with Gasteiger partial charge in [-0.3, -0.25) is 4.79 Å². The molecule has 1 aromatic carbocycles. The number of amides is 1. The average Bonchev–Trinajstić information content (AvgIpc) is 2.96. The minimum absolute atomic E-state index is 0.0277. The molecule has 1 amide bonds. The van der Waals surface area contributed by atoms with Gasteiger partial charge in [0, 0.05) is 11.4 Å². The number of aryl methyl sites for hydroxylation is 2. The van der Waals surface area contributed by atoms with Crippen LogP contribution in [-0.2, 0) is 4.79 Å². The van der Waals surface area contributed by atoms with Crippen LogP contribution < -0.4 is 5.32 Å². The van der Waals surface area contributed by atoms with Crippen LogP contribution in [0.25, 0.3) is 0 Å². The summed E-state index contributed by atoms with van der Waals surface area (Å²) >= 11 is 4.57. The second kappa shape index (κ2) is 8.69. The first kappa shape index (κ1) is 19.0. The van der Waals surface area contributed by atoms with Gasteiger partial charge in [-0.25, -0.2) is 0 Å². The molecule has 2 aromatic rings. The van der Waals surface area contributed by atoms with E-state index < -0.39 is 0 Å². The Morgan fingerprint density at radius 2 is 2.04 bits per heavy atom. The number of nitrogens with zero attached hydrogens (tertiary/aromatic N) is 2. The van der Waals surface area contributed by atoms with E-state index in [0.29, 0.717) is 0 Å². The highest BCUT2D eigenvalue weighted by Gasteiger charge is 2.18. The predicted molar refractivity (Wildman–Crippen MR) is 105 cm³/mol. The van der Waals surface area contributed by atoms with E-state index in [1.165, 1.54) is 23.1 Å². The van der Waals surface area contributed by atoms with Crippen LogP contribution >= 0.6 is 34.9 Å². The molecule has 24 heavy (non-hydrogen) atoms. The Morgan fingerprint density at radius 3 is 2.75 bits per heavy atom. The molecular formula is C17H21N3OS3. The molecular weight excluding hydrogens is 358 g/mol. The third kappa shape index (κ3) is 5.65. The summed E-state index contributed by atoms with van der Waals surface area (Å²) in [7, 11) is 0. The lowest BCUT2D eigenvalue weighted by molar-refractivity contribution is -0.115. The van der Waals surface area contributed by atoms with Gasteiger partial charge in [0.05, 0.1) is 5.25 Å². The second-order valence-electron chi connectivity index (χ2n) is 5.65. The number of nitrogens with one attached hydrogen (secondary N) is 1. The summed E-state index contributed by atoms with van der Waals surface area (Å²) in [5, 5.41) is 11.1. The topological polar surface area (TPSA) is 54.9 Å². The van der Waals surface area contributed by atoms with Gasteiger partial charge in [0.1, 0.15) is 0 Å². The van der Waals surface area contributed by atoms with Gasteiger partial charge in [0.15, 0.2) is 8.68 Å². The molecule has 0 saturated carbocycles. The molecule has 4 nitrogen and oxygen atoms in total. The van der Waals surface area contributed by atoms with E-state index >= 15 is 0 Å². The van der Waals surface area contributed by atoms with Crippen LogP contribution in [0.3, 0.4) is 0 Å². The number of carbonyl (C=O) groups is 1. The van der Waals surface area contributed by atoms with Crippen LogP contribution in [0, 0.1) is 13.8 Å². The highest BCUT2D eigenvalue weighted by atomic mass is 32.2. The molecule has 0 aliphatic rings. The highest BCUT2D eigenvalue weighted by Crippen LogP contribution is 2.32. The maximum atomic E-state index is 12.4. The summed E-state index contributed by atoms with van der Waals surface area (Å²) in [5.74, 6) is 0.808. The summed E-state index contributed by atoms with van der Waals surface area (Å²) in [6, 6.07) is 6.04. The zero-order valence-corrected chi connectivity index (χ0v) is 16.7. The molecule has 0 saturated heterocycles. The molecule has 2 rings (SSSR count). The van der Waals surface area contributed by atoms with Crippen LogP contribution in [0.5, 0.6) is 0 Å². The normalized spacial score (nSPS) is 12.0. The molecule has 0 aliphatic heterocycles. The molecule has 1 N–H and O–H groups in total. The van der Waals surface area contributed by atoms with E-state index in [1.807, 2.05) is 45.9 Å². The molecule has 1 aromatic heterocycles. The van der Waals surface area contributed by atoms with Gasteiger partial charge in [-0.05, 0) is 44.9 Å². The Balaban J connectivity index is 1.94. The fourth-order valence-electron chi connectivity index (χ4n) is 1.80. The van der Waals surface area contributed by atoms with E-state index in [-0.39, 0.29) is 11.2 Å². The Bertz CT molecular complexity index is 742. The molecule has 128 valence electrons. The largest absolute Gasteiger partial charge is 0.325 e. The predicted octanol–water partition coefficient (Wildman–Crippen LogP) is 4.94. The Hall–Kier alpha value is -1.31. The summed E-state index contributed by atoms with van der Waals surface area (Å²) in [6.07, 6.45) is 0. The molecule has 0 bridgehead atoms. The molecule has 1 heterocycles. The van der Waals surface area contributed by atoms with Crippen LogP contribution in [0.4, 0.5) is 5.69 Å². The second-order valence-corrected chi connectivity index (χ2v) is 9.44. The molecule has 0 unspecified atom stereocenters. The molecule has 0 radical (unpaired) electrons. The lowest BCUT2D eigenvalue weighted by Gasteiger charge is -2.12. The maximum absolute atomic E-state index is 12.4. The summed E-state index contributed by atoms with van der Waals surface area (Å²) in [4.78, 5) is 12.4. The highest BCUT2D eigenvalue weighted by molar-refractivity contribution is 8.04. The smallest absolute Gasteiger partial charge is 0.237 e. The first-order valence-corrected chi connectivity index (χ1v) is 10.2. The van der Waals surface area contributed by atoms with Crippen molar-refractivity contribution in [2.24, 2.45) is 0 Å². The van der Waals surface area contributed by atoms with Gasteiger partial charge in [-0.1, -0.05) is 59.1 Å². The Morgan fingerprint density at radius 1 is 1.33 bits per heavy atom. The van der Waals surface area contributed by atoms with Crippen molar-refractivity contribution in [2.45, 2.75) is 41.6 Å². The fraction of sp³-hybridized carbons (Fsp3) is 0.353. The molecule has 0 aliphatic carbocycles. The van der Waals surface area contributed by atoms with Crippen LogP contribution in [0.2, 0.25) is 0 Å². The lowest BCUT2D eigenvalue weighted by Crippen LogP contribution is -2.22. The fourth-order valence-corrected chi connectivity index (χ4v) is 4.80. The number of thioether (sulfide) groups is 2. The summed E-state index contributed by atoms with van der Waals surface area (Å²) in [6.45, 7) is 11.8. The minimum atomic E-state index is -0.239. The van der Waals surface area contributed by atoms with Crippen LogP contribution in [0.1, 0.15) is 25.0 Å². The van der Waals surface area contributed by atoms with Crippen molar-refractivity contribution < 1.29 is 4.79 Å². The van der Waals surface area contributed by atoms with Crippen molar-refractivity contribution in [1.29, 1.82) is 0 Å². The number of carbonyl (C=O) groups excluding carboxylic acids is 1. The zero-order chi connectivity index (χ0) is 17.7. The van der Waals surface area contributed by atoms with Crippen LogP contribution in [0.15, 0.2) is 39.0 Å². The summed E-state index contributed by atoms with van der Waals surface area (Å²) in [5.41, 5.74) is 4.15. The van der Waals surface area contributed by atoms with Gasteiger partial charge < -0.3 is 5.32 Å². The number of hydrogen-bond donors (Lipinski definition) is 1. The number of anilines is 1. The van der Waals surface area contributed by atoms with E-state index in [0.717, 1.165) is 36.8 Å². The van der Waals surface area contributed by atoms with E-state index in [2.05, 4.69) is 22.1 Å². The van der Waals surface area contributed by atoms with Crippen molar-refractivity contribution in [3.8, 4) is 0 Å². The number of rotatable bonds is 7. The quantitative estimate of drug-likeness (QED) is 0.545. The number of hydrogen-bond acceptors (Lipinski definition) is 6. The Labute approximate surface area is 155 Å². The van der Waals surface area contributed by atoms with Crippen molar-refractivity contribution in [3.05, 3.63) is 41.5 Å². The molecule has 1 atom stereocenters. The monoisotopic (exact) mass is 379 g/mol. The standard InChI is InChI=1S/C17H21N3OS3/c1-10(2)9-22-16-19-20-17(24-16)23-13(5)15(21)18-14-8-11(3)6-7-12(14)4/h6-8,13H,1,9H2,2-5H3,(H,18,21)/t13-/m0/s1. The molecule has 0 fully saturated rings. The van der Waals surface area contributed by atoms with E-state index in [1.54, 1.807) is 11.8 Å². The van der Waals surface area contributed by atoms with Gasteiger partial charge in [-0.2, -0.15) is 0 Å². The van der Waals surface area contributed by atoms with Gasteiger partial charge in [0.2, 0.25) is 5.91 Å². The maximum Gasteiger partial charge on any atom is 0.237 e. The number of benzene rings is 1. The average molecular weight is 380 g/mol. The SMILES string of the molecule is C=C(C)CSc1nnc(S[C@@H](C)C(=O)Nc2cc(C)ccc2C)s1. The zero-order valence-electron chi connectivity index (χ0n) is 14.3. The third-order valence-electron chi connectivity index (χ3n) is 3.13.